The van der Waals surface area contributed by atoms with Crippen LogP contribution in [-0.4, -0.2) is 34.9 Å². The molecule has 3 aromatic rings. The number of aromatic nitrogens is 2. The molecule has 1 atom stereocenters. The molecule has 0 saturated heterocycles. The maximum Gasteiger partial charge on any atom is 0.420 e. The fraction of sp³-hybridized carbons (Fsp3) is 0.393. The largest absolute Gasteiger partial charge is 0.496 e. The highest BCUT2D eigenvalue weighted by atomic mass is 16.6. The van der Waals surface area contributed by atoms with E-state index in [0.717, 1.165) is 41.1 Å². The number of carbonyl (C=O) groups excluding carboxylic acids is 1. The van der Waals surface area contributed by atoms with Gasteiger partial charge in [0.2, 0.25) is 0 Å². The summed E-state index contributed by atoms with van der Waals surface area (Å²) in [6, 6.07) is 9.35. The van der Waals surface area contributed by atoms with Gasteiger partial charge in [-0.1, -0.05) is 6.08 Å². The molecule has 1 unspecified atom stereocenters. The number of ether oxygens (including phenoxy) is 2. The molecule has 182 valence electrons. The molecular weight excluding hydrogens is 440 g/mol. The molecule has 0 radical (unpaired) electrons. The van der Waals surface area contributed by atoms with Crippen molar-refractivity contribution in [3.05, 3.63) is 65.0 Å². The summed E-state index contributed by atoms with van der Waals surface area (Å²) in [4.78, 5) is 18.6. The van der Waals surface area contributed by atoms with E-state index in [1.54, 1.807) is 25.3 Å². The number of carbonyl (C=O) groups is 1. The summed E-state index contributed by atoms with van der Waals surface area (Å²) in [6.45, 7) is 14.5. The summed E-state index contributed by atoms with van der Waals surface area (Å²) < 4.78 is 13.2. The zero-order valence-corrected chi connectivity index (χ0v) is 21.3. The van der Waals surface area contributed by atoms with Crippen molar-refractivity contribution in [2.75, 3.05) is 19.0 Å². The van der Waals surface area contributed by atoms with Gasteiger partial charge < -0.3 is 14.8 Å². The van der Waals surface area contributed by atoms with E-state index in [0.29, 0.717) is 28.8 Å². The van der Waals surface area contributed by atoms with Crippen LogP contribution in [-0.2, 0) is 16.6 Å². The van der Waals surface area contributed by atoms with Crippen LogP contribution in [0.3, 0.4) is 0 Å². The normalized spacial score (nSPS) is 14.5. The molecule has 0 spiro atoms. The molecule has 1 aliphatic heterocycles. The third-order valence-corrected chi connectivity index (χ3v) is 6.45. The second-order valence-electron chi connectivity index (χ2n) is 10.2. The lowest BCUT2D eigenvalue weighted by molar-refractivity contribution is 0.0534. The highest BCUT2D eigenvalue weighted by molar-refractivity contribution is 5.89. The van der Waals surface area contributed by atoms with Crippen molar-refractivity contribution in [2.45, 2.75) is 58.5 Å². The summed E-state index contributed by atoms with van der Waals surface area (Å²) in [7, 11) is 1.66. The Labute approximate surface area is 206 Å². The molecule has 1 aromatic heterocycles. The molecule has 0 saturated carbocycles. The highest BCUT2D eigenvalue weighted by Crippen LogP contribution is 2.47. The Balaban J connectivity index is 2.09. The first-order chi connectivity index (χ1) is 16.5. The number of nitrogens with one attached hydrogen (secondary N) is 1. The summed E-state index contributed by atoms with van der Waals surface area (Å²) >= 11 is 0. The number of nitrogens with zero attached hydrogens (tertiary/aromatic N) is 3. The second-order valence-corrected chi connectivity index (χ2v) is 10.2. The topological polar surface area (TPSA) is 89.2 Å². The number of rotatable bonds is 5. The Bertz CT molecular complexity index is 1370. The van der Waals surface area contributed by atoms with Crippen LogP contribution in [0, 0.1) is 18.3 Å². The number of imidazole rings is 1. The van der Waals surface area contributed by atoms with E-state index >= 15 is 0 Å². The monoisotopic (exact) mass is 472 g/mol. The van der Waals surface area contributed by atoms with Crippen molar-refractivity contribution in [1.29, 1.82) is 5.26 Å². The van der Waals surface area contributed by atoms with E-state index < -0.39 is 17.1 Å². The smallest absolute Gasteiger partial charge is 0.420 e. The minimum Gasteiger partial charge on any atom is -0.496 e. The molecule has 0 amide bonds. The van der Waals surface area contributed by atoms with Gasteiger partial charge in [0.15, 0.2) is 0 Å². The first-order valence-corrected chi connectivity index (χ1v) is 11.8. The molecule has 2 heterocycles. The Hall–Kier alpha value is -3.79. The van der Waals surface area contributed by atoms with Crippen LogP contribution in [0.4, 0.5) is 10.5 Å². The van der Waals surface area contributed by atoms with Gasteiger partial charge in [0, 0.05) is 17.8 Å². The Morgan fingerprint density at radius 2 is 2.06 bits per heavy atom. The third kappa shape index (κ3) is 4.14. The fourth-order valence-electron chi connectivity index (χ4n) is 5.03. The van der Waals surface area contributed by atoms with Crippen LogP contribution in [0.2, 0.25) is 0 Å². The lowest BCUT2D eigenvalue weighted by atomic mass is 9.74. The molecule has 7 nitrogen and oxygen atoms in total. The number of allylic oxidation sites excluding steroid dienone is 1. The van der Waals surface area contributed by atoms with Crippen molar-refractivity contribution < 1.29 is 14.3 Å². The van der Waals surface area contributed by atoms with E-state index in [4.69, 9.17) is 14.5 Å². The van der Waals surface area contributed by atoms with Gasteiger partial charge in [0.05, 0.1) is 35.2 Å². The quantitative estimate of drug-likeness (QED) is 0.468. The molecule has 1 aliphatic rings. The summed E-state index contributed by atoms with van der Waals surface area (Å²) in [5.74, 6) is 1.27. The molecule has 7 heteroatoms. The lowest BCUT2D eigenvalue weighted by Crippen LogP contribution is -2.34. The van der Waals surface area contributed by atoms with E-state index in [-0.39, 0.29) is 0 Å². The van der Waals surface area contributed by atoms with Crippen LogP contribution in [0.15, 0.2) is 36.9 Å². The minimum atomic E-state index is -0.764. The first kappa shape index (κ1) is 24.3. The van der Waals surface area contributed by atoms with Crippen LogP contribution in [0.5, 0.6) is 5.75 Å². The number of fused-ring (bicyclic) bond motifs is 2. The predicted octanol–water partition coefficient (Wildman–Crippen LogP) is 5.86. The second kappa shape index (κ2) is 8.77. The van der Waals surface area contributed by atoms with Gasteiger partial charge in [-0.25, -0.2) is 14.3 Å². The molecular formula is C28H32N4O3. The molecule has 0 bridgehead atoms. The van der Waals surface area contributed by atoms with Crippen molar-refractivity contribution in [1.82, 2.24) is 9.55 Å². The van der Waals surface area contributed by atoms with Gasteiger partial charge in [0.25, 0.3) is 0 Å². The van der Waals surface area contributed by atoms with Crippen molar-refractivity contribution in [3.63, 3.8) is 0 Å². The zero-order valence-electron chi connectivity index (χ0n) is 21.3. The van der Waals surface area contributed by atoms with Crippen molar-refractivity contribution >= 4 is 22.8 Å². The predicted molar refractivity (Wildman–Crippen MR) is 137 cm³/mol. The average Bonchev–Trinajstić information content (AvgIpc) is 3.42. The SMILES string of the molecule is C=CCC(C)(c1c(OC)cc(C)c2c1CCN2)c1nc2ccc(C#N)cc2n1C(=O)OC(C)(C)C. The van der Waals surface area contributed by atoms with Gasteiger partial charge in [-0.15, -0.1) is 6.58 Å². The lowest BCUT2D eigenvalue weighted by Gasteiger charge is -2.33. The van der Waals surface area contributed by atoms with Crippen molar-refractivity contribution in [2.24, 2.45) is 0 Å². The highest BCUT2D eigenvalue weighted by Gasteiger charge is 2.41. The van der Waals surface area contributed by atoms with E-state index in [1.807, 2.05) is 32.9 Å². The summed E-state index contributed by atoms with van der Waals surface area (Å²) in [6.07, 6.45) is 2.64. The number of aryl methyl sites for hydroxylation is 1. The van der Waals surface area contributed by atoms with Crippen molar-refractivity contribution in [3.8, 4) is 11.8 Å². The number of hydrogen-bond donors (Lipinski definition) is 1. The number of hydrogen-bond acceptors (Lipinski definition) is 6. The Morgan fingerprint density at radius 1 is 1.31 bits per heavy atom. The molecule has 35 heavy (non-hydrogen) atoms. The molecule has 1 N–H and O–H groups in total. The Kier molecular flexibility index (Phi) is 6.10. The number of anilines is 1. The molecule has 2 aromatic carbocycles. The van der Waals surface area contributed by atoms with Gasteiger partial charge >= 0.3 is 6.09 Å². The molecule has 4 rings (SSSR count). The third-order valence-electron chi connectivity index (χ3n) is 6.45. The summed E-state index contributed by atoms with van der Waals surface area (Å²) in [5, 5.41) is 13.0. The maximum absolute atomic E-state index is 13.6. The first-order valence-electron chi connectivity index (χ1n) is 11.8. The molecule has 0 aliphatic carbocycles. The van der Waals surface area contributed by atoms with Crippen LogP contribution >= 0.6 is 0 Å². The minimum absolute atomic E-state index is 0.442. The number of methoxy groups -OCH3 is 1. The van der Waals surface area contributed by atoms with Crippen LogP contribution in [0.1, 0.15) is 62.2 Å². The standard InChI is InChI=1S/C28H32N4O3/c1-8-12-28(6,23-19-11-13-30-24(19)17(2)14-22(23)34-7)25-31-20-10-9-18(16-29)15-21(20)32(25)26(33)35-27(3,4)5/h8-10,14-15,30H,1,11-13H2,2-7H3. The van der Waals surface area contributed by atoms with E-state index in [2.05, 4.69) is 31.8 Å². The zero-order chi connectivity index (χ0) is 25.5. The number of benzene rings is 2. The maximum atomic E-state index is 13.6. The van der Waals surface area contributed by atoms with E-state index in [1.165, 1.54) is 4.57 Å². The van der Waals surface area contributed by atoms with Gasteiger partial charge in [-0.2, -0.15) is 5.26 Å². The van der Waals surface area contributed by atoms with Gasteiger partial charge in [0.1, 0.15) is 17.2 Å². The van der Waals surface area contributed by atoms with Gasteiger partial charge in [-0.05, 0) is 82.9 Å². The van der Waals surface area contributed by atoms with E-state index in [9.17, 15) is 10.1 Å². The Morgan fingerprint density at radius 3 is 2.69 bits per heavy atom. The van der Waals surface area contributed by atoms with Gasteiger partial charge in [-0.3, -0.25) is 0 Å². The van der Waals surface area contributed by atoms with Crippen LogP contribution in [0.25, 0.3) is 11.0 Å². The molecule has 0 fully saturated rings. The fourth-order valence-corrected chi connectivity index (χ4v) is 5.03. The van der Waals surface area contributed by atoms with Crippen LogP contribution < -0.4 is 10.1 Å². The summed E-state index contributed by atoms with van der Waals surface area (Å²) in [5.41, 5.74) is 4.46. The average molecular weight is 473 g/mol. The number of nitriles is 1.